The molecule has 6 rings (SSSR count). The largest absolute Gasteiger partial charge is 0.384 e. The summed E-state index contributed by atoms with van der Waals surface area (Å²) in [6, 6.07) is 19.4. The van der Waals surface area contributed by atoms with Crippen LogP contribution in [0.1, 0.15) is 55.9 Å². The highest BCUT2D eigenvalue weighted by Crippen LogP contribution is 2.54. The number of halogens is 3. The second-order valence-corrected chi connectivity index (χ2v) is 9.08. The Morgan fingerprint density at radius 2 is 1.54 bits per heavy atom. The molecular weight excluding hydrogens is 479 g/mol. The van der Waals surface area contributed by atoms with Gasteiger partial charge in [-0.05, 0) is 64.2 Å². The van der Waals surface area contributed by atoms with Crippen molar-refractivity contribution < 1.29 is 22.7 Å². The molecule has 0 saturated heterocycles. The predicted octanol–water partition coefficient (Wildman–Crippen LogP) is 5.51. The summed E-state index contributed by atoms with van der Waals surface area (Å²) in [5.74, 6) is -2.95. The lowest BCUT2D eigenvalue weighted by atomic mass is 9.83. The van der Waals surface area contributed by atoms with Crippen molar-refractivity contribution in [2.75, 3.05) is 0 Å². The number of carbonyl (C=O) groups excluding carboxylic acids is 1. The number of amides is 1. The Morgan fingerprint density at radius 3 is 2.30 bits per heavy atom. The van der Waals surface area contributed by atoms with E-state index >= 15 is 0 Å². The van der Waals surface area contributed by atoms with Crippen LogP contribution in [0.3, 0.4) is 0 Å². The first-order chi connectivity index (χ1) is 17.8. The first-order valence-corrected chi connectivity index (χ1v) is 11.6. The van der Waals surface area contributed by atoms with E-state index in [2.05, 4.69) is 5.32 Å². The SMILES string of the molecule is N=C(N)c1cc(F)c(CNC(=O)c2ccc3c(c2)[C@@H]2O[C@H]3c3ccc(-c4ccccc4F)cc32)cc1F. The number of hydrogen-bond acceptors (Lipinski definition) is 3. The van der Waals surface area contributed by atoms with Gasteiger partial charge in [0.05, 0.1) is 5.56 Å². The molecule has 8 heteroatoms. The summed E-state index contributed by atoms with van der Waals surface area (Å²) in [7, 11) is 0. The van der Waals surface area contributed by atoms with E-state index in [-0.39, 0.29) is 35.7 Å². The van der Waals surface area contributed by atoms with Gasteiger partial charge in [0.25, 0.3) is 5.91 Å². The molecule has 0 spiro atoms. The van der Waals surface area contributed by atoms with Gasteiger partial charge in [0.1, 0.15) is 35.5 Å². The zero-order valence-corrected chi connectivity index (χ0v) is 19.3. The van der Waals surface area contributed by atoms with Gasteiger partial charge in [0.2, 0.25) is 0 Å². The Bertz CT molecular complexity index is 1620. The lowest BCUT2D eigenvalue weighted by Crippen LogP contribution is -2.24. The average Bonchev–Trinajstić information content (AvgIpc) is 3.45. The number of hydrogen-bond donors (Lipinski definition) is 3. The molecule has 5 nitrogen and oxygen atoms in total. The number of nitrogens with one attached hydrogen (secondary N) is 2. The van der Waals surface area contributed by atoms with Crippen molar-refractivity contribution in [3.63, 3.8) is 0 Å². The van der Waals surface area contributed by atoms with Crippen molar-refractivity contribution in [1.29, 1.82) is 5.41 Å². The maximum absolute atomic E-state index is 14.4. The molecule has 37 heavy (non-hydrogen) atoms. The summed E-state index contributed by atoms with van der Waals surface area (Å²) in [6.07, 6.45) is -0.654. The lowest BCUT2D eigenvalue weighted by Gasteiger charge is -2.18. The van der Waals surface area contributed by atoms with Crippen LogP contribution in [0.2, 0.25) is 0 Å². The molecule has 1 amide bonds. The fraction of sp³-hybridized carbons (Fsp3) is 0.103. The van der Waals surface area contributed by atoms with E-state index in [1.165, 1.54) is 6.07 Å². The van der Waals surface area contributed by atoms with Crippen LogP contribution in [0.25, 0.3) is 11.1 Å². The standard InChI is InChI=1S/C29H20F3N3O2/c30-23-4-2-1-3-17(23)14-5-7-18-20(9-14)27-21-10-15(6-8-19(21)26(18)37-27)29(36)35-13-16-11-25(32)22(28(33)34)12-24(16)31/h1-12,26-27H,13H2,(H3,33,34)(H,35,36)/t26-,27+/m0/s1. The van der Waals surface area contributed by atoms with Crippen molar-refractivity contribution >= 4 is 11.7 Å². The molecule has 4 aromatic rings. The average molecular weight is 499 g/mol. The summed E-state index contributed by atoms with van der Waals surface area (Å²) in [5, 5.41) is 9.92. The number of rotatable bonds is 5. The third-order valence-corrected chi connectivity index (χ3v) is 6.89. The summed E-state index contributed by atoms with van der Waals surface area (Å²) >= 11 is 0. The van der Waals surface area contributed by atoms with Crippen LogP contribution in [0, 0.1) is 22.9 Å². The monoisotopic (exact) mass is 499 g/mol. The third kappa shape index (κ3) is 3.77. The second kappa shape index (κ2) is 8.60. The summed E-state index contributed by atoms with van der Waals surface area (Å²) in [6.45, 7) is -0.242. The smallest absolute Gasteiger partial charge is 0.251 e. The molecule has 2 aliphatic rings. The van der Waals surface area contributed by atoms with Crippen LogP contribution >= 0.6 is 0 Å². The predicted molar refractivity (Wildman–Crippen MR) is 132 cm³/mol. The van der Waals surface area contributed by atoms with Gasteiger partial charge in [0, 0.05) is 23.2 Å². The fourth-order valence-corrected chi connectivity index (χ4v) is 5.06. The molecule has 4 aromatic carbocycles. The Balaban J connectivity index is 1.24. The van der Waals surface area contributed by atoms with E-state index in [9.17, 15) is 18.0 Å². The summed E-state index contributed by atoms with van der Waals surface area (Å²) in [4.78, 5) is 12.9. The van der Waals surface area contributed by atoms with E-state index in [4.69, 9.17) is 15.9 Å². The Labute approximate surface area is 210 Å². The van der Waals surface area contributed by atoms with Crippen LogP contribution in [-0.2, 0) is 11.3 Å². The molecule has 184 valence electrons. The molecule has 0 radical (unpaired) electrons. The highest BCUT2D eigenvalue weighted by Gasteiger charge is 2.43. The van der Waals surface area contributed by atoms with Crippen molar-refractivity contribution in [2.45, 2.75) is 18.8 Å². The maximum atomic E-state index is 14.4. The third-order valence-electron chi connectivity index (χ3n) is 6.89. The van der Waals surface area contributed by atoms with E-state index in [1.54, 1.807) is 30.3 Å². The number of ether oxygens (including phenoxy) is 1. The zero-order valence-electron chi connectivity index (χ0n) is 19.3. The molecule has 0 unspecified atom stereocenters. The van der Waals surface area contributed by atoms with Crippen LogP contribution in [0.5, 0.6) is 0 Å². The molecular formula is C29H20F3N3O2. The van der Waals surface area contributed by atoms with Crippen LogP contribution in [-0.4, -0.2) is 11.7 Å². The van der Waals surface area contributed by atoms with Gasteiger partial charge >= 0.3 is 0 Å². The topological polar surface area (TPSA) is 88.2 Å². The van der Waals surface area contributed by atoms with Crippen molar-refractivity contribution in [2.24, 2.45) is 5.73 Å². The number of nitrogen functional groups attached to an aromatic ring is 1. The molecule has 2 aliphatic heterocycles. The summed E-state index contributed by atoms with van der Waals surface area (Å²) < 4.78 is 49.0. The molecule has 2 atom stereocenters. The maximum Gasteiger partial charge on any atom is 0.251 e. The molecule has 0 aromatic heterocycles. The van der Waals surface area contributed by atoms with Gasteiger partial charge in [-0.25, -0.2) is 13.2 Å². The quantitative estimate of drug-likeness (QED) is 0.250. The molecule has 2 heterocycles. The van der Waals surface area contributed by atoms with Gasteiger partial charge < -0.3 is 15.8 Å². The zero-order chi connectivity index (χ0) is 25.8. The minimum atomic E-state index is -0.836. The Morgan fingerprint density at radius 1 is 0.838 bits per heavy atom. The number of nitrogens with two attached hydrogens (primary N) is 1. The minimum absolute atomic E-state index is 0.0611. The summed E-state index contributed by atoms with van der Waals surface area (Å²) in [5.41, 5.74) is 10.2. The van der Waals surface area contributed by atoms with Gasteiger partial charge in [0.15, 0.2) is 0 Å². The minimum Gasteiger partial charge on any atom is -0.384 e. The van der Waals surface area contributed by atoms with E-state index < -0.39 is 23.4 Å². The lowest BCUT2D eigenvalue weighted by molar-refractivity contribution is 0.0857. The Kier molecular flexibility index (Phi) is 5.35. The van der Waals surface area contributed by atoms with E-state index in [0.29, 0.717) is 11.1 Å². The Hall–Kier alpha value is -4.43. The van der Waals surface area contributed by atoms with E-state index in [1.807, 2.05) is 24.3 Å². The second-order valence-electron chi connectivity index (χ2n) is 9.08. The normalized spacial score (nSPS) is 16.8. The van der Waals surface area contributed by atoms with Gasteiger partial charge in [-0.3, -0.25) is 10.2 Å². The van der Waals surface area contributed by atoms with Crippen molar-refractivity contribution in [3.05, 3.63) is 129 Å². The number of carbonyl (C=O) groups is 1. The molecule has 2 bridgehead atoms. The highest BCUT2D eigenvalue weighted by atomic mass is 19.1. The molecule has 0 aliphatic carbocycles. The van der Waals surface area contributed by atoms with E-state index in [0.717, 1.165) is 39.9 Å². The number of fused-ring (bicyclic) bond motifs is 8. The van der Waals surface area contributed by atoms with Gasteiger partial charge in [-0.15, -0.1) is 0 Å². The number of benzene rings is 4. The van der Waals surface area contributed by atoms with Gasteiger partial charge in [-0.2, -0.15) is 0 Å². The van der Waals surface area contributed by atoms with Crippen LogP contribution in [0.15, 0.2) is 72.8 Å². The fourth-order valence-electron chi connectivity index (χ4n) is 5.06. The van der Waals surface area contributed by atoms with Crippen LogP contribution in [0.4, 0.5) is 13.2 Å². The molecule has 0 fully saturated rings. The van der Waals surface area contributed by atoms with Gasteiger partial charge in [-0.1, -0.05) is 36.4 Å². The first-order valence-electron chi connectivity index (χ1n) is 11.6. The van der Waals surface area contributed by atoms with Crippen molar-refractivity contribution in [1.82, 2.24) is 5.32 Å². The molecule has 4 N–H and O–H groups in total. The van der Waals surface area contributed by atoms with Crippen LogP contribution < -0.4 is 11.1 Å². The molecule has 0 saturated carbocycles. The first kappa shape index (κ1) is 23.0. The van der Waals surface area contributed by atoms with Crippen molar-refractivity contribution in [3.8, 4) is 11.1 Å². The highest BCUT2D eigenvalue weighted by molar-refractivity contribution is 5.96. The number of amidine groups is 1.